The Morgan fingerprint density at radius 2 is 2.25 bits per heavy atom. The maximum atomic E-state index is 5.46. The van der Waals surface area contributed by atoms with Crippen LogP contribution in [-0.4, -0.2) is 25.0 Å². The maximum Gasteiger partial charge on any atom is 0.0242 e. The average Bonchev–Trinajstić information content (AvgIpc) is 2.37. The Bertz CT molecular complexity index is 232. The van der Waals surface area contributed by atoms with Crippen LogP contribution < -0.4 is 5.73 Å². The van der Waals surface area contributed by atoms with E-state index in [-0.39, 0.29) is 0 Å². The first kappa shape index (κ1) is 9.71. The normalized spacial score (nSPS) is 11.0. The molecule has 0 spiro atoms. The Labute approximate surface area is 78.0 Å². The van der Waals surface area contributed by atoms with Crippen LogP contribution in [0.5, 0.6) is 0 Å². The van der Waals surface area contributed by atoms with Gasteiger partial charge >= 0.3 is 0 Å². The fraction of sp³-hybridized carbons (Fsp3) is 0.556. The molecule has 0 aromatic carbocycles. The van der Waals surface area contributed by atoms with Gasteiger partial charge in [-0.1, -0.05) is 0 Å². The zero-order valence-electron chi connectivity index (χ0n) is 7.71. The molecule has 1 heterocycles. The second-order valence-corrected chi connectivity index (χ2v) is 3.85. The Kier molecular flexibility index (Phi) is 3.72. The van der Waals surface area contributed by atoms with Crippen LogP contribution in [0.1, 0.15) is 11.1 Å². The van der Waals surface area contributed by atoms with Crippen molar-refractivity contribution in [3.63, 3.8) is 0 Å². The van der Waals surface area contributed by atoms with Crippen molar-refractivity contribution in [3.05, 3.63) is 21.9 Å². The van der Waals surface area contributed by atoms with Crippen LogP contribution in [0.25, 0.3) is 0 Å². The summed E-state index contributed by atoms with van der Waals surface area (Å²) in [4.78, 5) is 2.25. The van der Waals surface area contributed by atoms with Crippen molar-refractivity contribution in [2.45, 2.75) is 13.5 Å². The third-order valence-electron chi connectivity index (χ3n) is 1.91. The molecule has 3 heteroatoms. The summed E-state index contributed by atoms with van der Waals surface area (Å²) in [5.74, 6) is 0. The molecule has 68 valence electrons. The summed E-state index contributed by atoms with van der Waals surface area (Å²) in [5, 5.41) is 4.40. The van der Waals surface area contributed by atoms with E-state index in [1.165, 1.54) is 11.1 Å². The molecule has 0 saturated carbocycles. The van der Waals surface area contributed by atoms with Crippen molar-refractivity contribution in [1.29, 1.82) is 0 Å². The molecule has 2 N–H and O–H groups in total. The molecule has 0 saturated heterocycles. The fourth-order valence-electron chi connectivity index (χ4n) is 1.14. The zero-order chi connectivity index (χ0) is 8.97. The van der Waals surface area contributed by atoms with Crippen molar-refractivity contribution < 1.29 is 0 Å². The second kappa shape index (κ2) is 4.60. The first-order chi connectivity index (χ1) is 5.74. The molecule has 0 aliphatic carbocycles. The van der Waals surface area contributed by atoms with Crippen molar-refractivity contribution in [3.8, 4) is 0 Å². The predicted octanol–water partition coefficient (Wildman–Crippen LogP) is 1.45. The minimum atomic E-state index is 0.736. The van der Waals surface area contributed by atoms with Crippen LogP contribution in [0.4, 0.5) is 0 Å². The van der Waals surface area contributed by atoms with Gasteiger partial charge in [0.1, 0.15) is 0 Å². The monoisotopic (exact) mass is 184 g/mol. The Morgan fingerprint density at radius 1 is 1.50 bits per heavy atom. The first-order valence-corrected chi connectivity index (χ1v) is 5.08. The zero-order valence-corrected chi connectivity index (χ0v) is 8.53. The van der Waals surface area contributed by atoms with E-state index < -0.39 is 0 Å². The molecule has 1 aromatic rings. The van der Waals surface area contributed by atoms with Gasteiger partial charge < -0.3 is 10.6 Å². The molecule has 0 amide bonds. The van der Waals surface area contributed by atoms with Gasteiger partial charge in [-0.2, -0.15) is 11.3 Å². The van der Waals surface area contributed by atoms with E-state index in [0.29, 0.717) is 0 Å². The molecule has 0 fully saturated rings. The number of nitrogens with zero attached hydrogens (tertiary/aromatic N) is 1. The van der Waals surface area contributed by atoms with Crippen molar-refractivity contribution in [2.24, 2.45) is 5.73 Å². The maximum absolute atomic E-state index is 5.46. The summed E-state index contributed by atoms with van der Waals surface area (Å²) in [7, 11) is 2.10. The van der Waals surface area contributed by atoms with Crippen molar-refractivity contribution in [2.75, 3.05) is 20.1 Å². The van der Waals surface area contributed by atoms with Crippen LogP contribution in [0.15, 0.2) is 10.8 Å². The van der Waals surface area contributed by atoms with Crippen LogP contribution >= 0.6 is 11.3 Å². The highest BCUT2D eigenvalue weighted by Crippen LogP contribution is 2.14. The molecule has 2 nitrogen and oxygen atoms in total. The van der Waals surface area contributed by atoms with E-state index in [1.54, 1.807) is 11.3 Å². The van der Waals surface area contributed by atoms with Gasteiger partial charge in [0.05, 0.1) is 0 Å². The molecule has 0 aliphatic heterocycles. The predicted molar refractivity (Wildman–Crippen MR) is 54.4 cm³/mol. The third-order valence-corrected chi connectivity index (χ3v) is 2.82. The SMILES string of the molecule is Cc1cscc1CN(C)CCN. The fourth-order valence-corrected chi connectivity index (χ4v) is 1.99. The van der Waals surface area contributed by atoms with Gasteiger partial charge in [-0.05, 0) is 35.9 Å². The number of likely N-dealkylation sites (N-methyl/N-ethyl adjacent to an activating group) is 1. The highest BCUT2D eigenvalue weighted by Gasteiger charge is 2.02. The largest absolute Gasteiger partial charge is 0.329 e. The van der Waals surface area contributed by atoms with Gasteiger partial charge in [0.15, 0.2) is 0 Å². The molecule has 0 unspecified atom stereocenters. The van der Waals surface area contributed by atoms with Crippen LogP contribution in [0.3, 0.4) is 0 Å². The molecule has 1 aromatic heterocycles. The van der Waals surface area contributed by atoms with E-state index in [9.17, 15) is 0 Å². The summed E-state index contributed by atoms with van der Waals surface area (Å²) in [6, 6.07) is 0. The molecule has 0 bridgehead atoms. The summed E-state index contributed by atoms with van der Waals surface area (Å²) in [6.07, 6.45) is 0. The van der Waals surface area contributed by atoms with Gasteiger partial charge in [-0.3, -0.25) is 0 Å². The van der Waals surface area contributed by atoms with Gasteiger partial charge in [-0.15, -0.1) is 0 Å². The van der Waals surface area contributed by atoms with Crippen LogP contribution in [0, 0.1) is 6.92 Å². The molecule has 12 heavy (non-hydrogen) atoms. The van der Waals surface area contributed by atoms with Crippen molar-refractivity contribution in [1.82, 2.24) is 4.90 Å². The number of aryl methyl sites for hydroxylation is 1. The van der Waals surface area contributed by atoms with Crippen LogP contribution in [0.2, 0.25) is 0 Å². The Balaban J connectivity index is 2.46. The van der Waals surface area contributed by atoms with Gasteiger partial charge in [-0.25, -0.2) is 0 Å². The topological polar surface area (TPSA) is 29.3 Å². The molecule has 1 rings (SSSR count). The molecular formula is C9H16N2S. The number of hydrogen-bond donors (Lipinski definition) is 1. The van der Waals surface area contributed by atoms with E-state index in [2.05, 4.69) is 29.6 Å². The quantitative estimate of drug-likeness (QED) is 0.767. The number of rotatable bonds is 4. The lowest BCUT2D eigenvalue weighted by Crippen LogP contribution is -2.24. The number of nitrogens with two attached hydrogens (primary N) is 1. The minimum absolute atomic E-state index is 0.736. The Morgan fingerprint density at radius 3 is 2.75 bits per heavy atom. The van der Waals surface area contributed by atoms with Crippen molar-refractivity contribution >= 4 is 11.3 Å². The summed E-state index contributed by atoms with van der Waals surface area (Å²) in [6.45, 7) is 4.88. The van der Waals surface area contributed by atoms with E-state index >= 15 is 0 Å². The summed E-state index contributed by atoms with van der Waals surface area (Å²) < 4.78 is 0. The molecule has 0 atom stereocenters. The first-order valence-electron chi connectivity index (χ1n) is 4.14. The summed E-state index contributed by atoms with van der Waals surface area (Å²) >= 11 is 1.77. The molecule has 0 aliphatic rings. The van der Waals surface area contributed by atoms with E-state index in [0.717, 1.165) is 19.6 Å². The Hall–Kier alpha value is -0.380. The van der Waals surface area contributed by atoms with Gasteiger partial charge in [0, 0.05) is 19.6 Å². The third kappa shape index (κ3) is 2.59. The highest BCUT2D eigenvalue weighted by atomic mass is 32.1. The number of thiophene rings is 1. The standard InChI is InChI=1S/C9H16N2S/c1-8-6-12-7-9(8)5-11(2)4-3-10/h6-7H,3-5,10H2,1-2H3. The van der Waals surface area contributed by atoms with E-state index in [4.69, 9.17) is 5.73 Å². The lowest BCUT2D eigenvalue weighted by Gasteiger charge is -2.14. The smallest absolute Gasteiger partial charge is 0.0242 e. The molecule has 0 radical (unpaired) electrons. The molecular weight excluding hydrogens is 168 g/mol. The lowest BCUT2D eigenvalue weighted by atomic mass is 10.2. The lowest BCUT2D eigenvalue weighted by molar-refractivity contribution is 0.336. The van der Waals surface area contributed by atoms with Gasteiger partial charge in [0.2, 0.25) is 0 Å². The van der Waals surface area contributed by atoms with E-state index in [1.807, 2.05) is 0 Å². The highest BCUT2D eigenvalue weighted by molar-refractivity contribution is 7.08. The average molecular weight is 184 g/mol. The van der Waals surface area contributed by atoms with Gasteiger partial charge in [0.25, 0.3) is 0 Å². The van der Waals surface area contributed by atoms with Crippen LogP contribution in [-0.2, 0) is 6.54 Å². The summed E-state index contributed by atoms with van der Waals surface area (Å²) in [5.41, 5.74) is 8.28. The second-order valence-electron chi connectivity index (χ2n) is 3.11. The minimum Gasteiger partial charge on any atom is -0.329 e. The number of hydrogen-bond acceptors (Lipinski definition) is 3.